The zero-order valence-electron chi connectivity index (χ0n) is 12.5. The lowest BCUT2D eigenvalue weighted by atomic mass is 9.81. The normalized spacial score (nSPS) is 28.5. The molecule has 0 aromatic carbocycles. The van der Waals surface area contributed by atoms with Gasteiger partial charge in [0.15, 0.2) is 0 Å². The molecule has 0 aromatic rings. The van der Waals surface area contributed by atoms with E-state index in [1.54, 1.807) is 0 Å². The van der Waals surface area contributed by atoms with Gasteiger partial charge < -0.3 is 15.8 Å². The fraction of sp³-hybridized carbons (Fsp3) is 0.929. The van der Waals surface area contributed by atoms with Crippen LogP contribution in [0.2, 0.25) is 0 Å². The van der Waals surface area contributed by atoms with Crippen molar-refractivity contribution >= 4 is 18.3 Å². The van der Waals surface area contributed by atoms with Gasteiger partial charge in [-0.05, 0) is 38.0 Å². The van der Waals surface area contributed by atoms with E-state index in [1.165, 1.54) is 0 Å². The van der Waals surface area contributed by atoms with E-state index < -0.39 is 17.6 Å². The van der Waals surface area contributed by atoms with Crippen LogP contribution in [0.25, 0.3) is 0 Å². The van der Waals surface area contributed by atoms with Crippen LogP contribution in [0.15, 0.2) is 0 Å². The highest BCUT2D eigenvalue weighted by Crippen LogP contribution is 2.39. The molecule has 2 aliphatic rings. The van der Waals surface area contributed by atoms with Crippen LogP contribution in [-0.4, -0.2) is 37.4 Å². The molecule has 0 radical (unpaired) electrons. The van der Waals surface area contributed by atoms with Crippen LogP contribution in [0.4, 0.5) is 13.2 Å². The Morgan fingerprint density at radius 2 is 1.91 bits per heavy atom. The van der Waals surface area contributed by atoms with E-state index in [0.717, 1.165) is 6.42 Å². The average molecular weight is 345 g/mol. The first-order chi connectivity index (χ1) is 9.81. The van der Waals surface area contributed by atoms with Crippen LogP contribution >= 0.6 is 12.4 Å². The summed E-state index contributed by atoms with van der Waals surface area (Å²) in [4.78, 5) is 12.1. The van der Waals surface area contributed by atoms with Crippen molar-refractivity contribution in [3.05, 3.63) is 0 Å². The third kappa shape index (κ3) is 4.99. The lowest BCUT2D eigenvalue weighted by Crippen LogP contribution is -2.57. The number of nitrogens with one attached hydrogen (secondary N) is 1. The van der Waals surface area contributed by atoms with Gasteiger partial charge in [0.05, 0.1) is 11.5 Å². The van der Waals surface area contributed by atoms with E-state index in [9.17, 15) is 18.0 Å². The van der Waals surface area contributed by atoms with Crippen molar-refractivity contribution in [2.75, 3.05) is 19.8 Å². The molecule has 1 amide bonds. The first kappa shape index (κ1) is 19.5. The smallest absolute Gasteiger partial charge is 0.381 e. The molecule has 1 saturated carbocycles. The Labute approximate surface area is 134 Å². The summed E-state index contributed by atoms with van der Waals surface area (Å²) in [7, 11) is 0. The average Bonchev–Trinajstić information content (AvgIpc) is 2.45. The van der Waals surface area contributed by atoms with E-state index >= 15 is 0 Å². The number of halogens is 4. The van der Waals surface area contributed by atoms with Crippen molar-refractivity contribution in [2.45, 2.75) is 50.2 Å². The maximum absolute atomic E-state index is 12.7. The summed E-state index contributed by atoms with van der Waals surface area (Å²) in [6.45, 7) is 1.18. The zero-order chi connectivity index (χ0) is 15.5. The summed E-state index contributed by atoms with van der Waals surface area (Å²) >= 11 is 0. The number of ether oxygens (including phenoxy) is 1. The third-order valence-electron chi connectivity index (χ3n) is 4.63. The molecule has 2 unspecified atom stereocenters. The number of nitrogens with two attached hydrogens (primary N) is 1. The molecule has 22 heavy (non-hydrogen) atoms. The van der Waals surface area contributed by atoms with E-state index in [0.29, 0.717) is 32.5 Å². The van der Waals surface area contributed by atoms with Crippen LogP contribution in [-0.2, 0) is 9.53 Å². The summed E-state index contributed by atoms with van der Waals surface area (Å²) in [5.41, 5.74) is 5.11. The Bertz CT molecular complexity index is 374. The highest BCUT2D eigenvalue weighted by molar-refractivity contribution is 5.86. The van der Waals surface area contributed by atoms with Crippen molar-refractivity contribution in [2.24, 2.45) is 17.6 Å². The van der Waals surface area contributed by atoms with Gasteiger partial charge in [-0.1, -0.05) is 6.42 Å². The summed E-state index contributed by atoms with van der Waals surface area (Å²) < 4.78 is 43.4. The topological polar surface area (TPSA) is 64.4 Å². The van der Waals surface area contributed by atoms with Gasteiger partial charge in [-0.3, -0.25) is 4.79 Å². The number of carbonyl (C=O) groups excluding carboxylic acids is 1. The Kier molecular flexibility index (Phi) is 6.95. The number of alkyl halides is 3. The van der Waals surface area contributed by atoms with Gasteiger partial charge in [-0.2, -0.15) is 13.2 Å². The van der Waals surface area contributed by atoms with Crippen molar-refractivity contribution in [1.29, 1.82) is 0 Å². The molecule has 2 fully saturated rings. The van der Waals surface area contributed by atoms with Gasteiger partial charge >= 0.3 is 6.18 Å². The minimum atomic E-state index is -4.13. The third-order valence-corrected chi connectivity index (χ3v) is 4.63. The van der Waals surface area contributed by atoms with Crippen LogP contribution in [0.3, 0.4) is 0 Å². The molecule has 1 heterocycles. The first-order valence-corrected chi connectivity index (χ1v) is 7.53. The van der Waals surface area contributed by atoms with E-state index in [2.05, 4.69) is 5.32 Å². The summed E-state index contributed by atoms with van der Waals surface area (Å²) in [5.74, 6) is -1.61. The fourth-order valence-electron chi connectivity index (χ4n) is 3.15. The van der Waals surface area contributed by atoms with Gasteiger partial charge in [0.1, 0.15) is 0 Å². The minimum absolute atomic E-state index is 0. The number of hydrogen-bond donors (Lipinski definition) is 2. The van der Waals surface area contributed by atoms with Crippen molar-refractivity contribution in [3.8, 4) is 0 Å². The van der Waals surface area contributed by atoms with E-state index in [-0.39, 0.29) is 43.6 Å². The largest absolute Gasteiger partial charge is 0.391 e. The summed E-state index contributed by atoms with van der Waals surface area (Å²) in [5, 5.41) is 2.75. The van der Waals surface area contributed by atoms with Gasteiger partial charge in [0.25, 0.3) is 0 Å². The molecule has 3 N–H and O–H groups in total. The Morgan fingerprint density at radius 1 is 1.27 bits per heavy atom. The number of rotatable bonds is 3. The number of hydrogen-bond acceptors (Lipinski definition) is 3. The minimum Gasteiger partial charge on any atom is -0.381 e. The lowest BCUT2D eigenvalue weighted by molar-refractivity contribution is -0.185. The highest BCUT2D eigenvalue weighted by atomic mass is 35.5. The molecule has 130 valence electrons. The SMILES string of the molecule is Cl.NC1(C(=O)NCC2CCCC(C(F)(F)F)C2)CCOCC1. The molecular formula is C14H24ClF3N2O2. The quantitative estimate of drug-likeness (QED) is 0.826. The van der Waals surface area contributed by atoms with Crippen molar-refractivity contribution in [1.82, 2.24) is 5.32 Å². The molecule has 8 heteroatoms. The molecule has 2 atom stereocenters. The second-order valence-corrected chi connectivity index (χ2v) is 6.25. The second kappa shape index (κ2) is 7.84. The fourth-order valence-corrected chi connectivity index (χ4v) is 3.15. The first-order valence-electron chi connectivity index (χ1n) is 7.53. The van der Waals surface area contributed by atoms with Crippen LogP contribution < -0.4 is 11.1 Å². The Morgan fingerprint density at radius 3 is 2.50 bits per heavy atom. The van der Waals surface area contributed by atoms with Crippen LogP contribution in [0.5, 0.6) is 0 Å². The van der Waals surface area contributed by atoms with E-state index in [1.807, 2.05) is 0 Å². The van der Waals surface area contributed by atoms with Crippen LogP contribution in [0, 0.1) is 11.8 Å². The van der Waals surface area contributed by atoms with Crippen LogP contribution in [0.1, 0.15) is 38.5 Å². The summed E-state index contributed by atoms with van der Waals surface area (Å²) in [6, 6.07) is 0. The van der Waals surface area contributed by atoms with Crippen molar-refractivity contribution in [3.63, 3.8) is 0 Å². The van der Waals surface area contributed by atoms with E-state index in [4.69, 9.17) is 10.5 Å². The molecule has 2 rings (SSSR count). The van der Waals surface area contributed by atoms with Crippen molar-refractivity contribution < 1.29 is 22.7 Å². The summed E-state index contributed by atoms with van der Waals surface area (Å²) in [6.07, 6.45) is -1.63. The number of amides is 1. The Hall–Kier alpha value is -0.530. The monoisotopic (exact) mass is 344 g/mol. The van der Waals surface area contributed by atoms with Gasteiger partial charge in [0.2, 0.25) is 5.91 Å². The predicted octanol–water partition coefficient (Wildman–Crippen LogP) is 2.40. The van der Waals surface area contributed by atoms with Gasteiger partial charge in [0, 0.05) is 19.8 Å². The zero-order valence-corrected chi connectivity index (χ0v) is 13.3. The molecule has 0 bridgehead atoms. The van der Waals surface area contributed by atoms with Gasteiger partial charge in [-0.25, -0.2) is 0 Å². The Balaban J connectivity index is 0.00000242. The molecule has 1 aliphatic heterocycles. The standard InChI is InChI=1S/C14H23F3N2O2.ClH/c15-14(16,17)11-3-1-2-10(8-11)9-19-12(20)13(18)4-6-21-7-5-13;/h10-11H,1-9,18H2,(H,19,20);1H. The molecule has 4 nitrogen and oxygen atoms in total. The van der Waals surface area contributed by atoms with Gasteiger partial charge in [-0.15, -0.1) is 12.4 Å². The molecule has 0 aromatic heterocycles. The highest BCUT2D eigenvalue weighted by Gasteiger charge is 2.42. The molecular weight excluding hydrogens is 321 g/mol. The molecule has 1 saturated heterocycles. The molecule has 0 spiro atoms. The maximum atomic E-state index is 12.7. The maximum Gasteiger partial charge on any atom is 0.391 e. The predicted molar refractivity (Wildman–Crippen MR) is 78.7 cm³/mol. The lowest BCUT2D eigenvalue weighted by Gasteiger charge is -2.34. The number of carbonyl (C=O) groups is 1. The molecule has 1 aliphatic carbocycles. The second-order valence-electron chi connectivity index (χ2n) is 6.25.